The largest absolute Gasteiger partial charge is 0.497 e. The summed E-state index contributed by atoms with van der Waals surface area (Å²) in [6.07, 6.45) is 0. The zero-order valence-corrected chi connectivity index (χ0v) is 10.8. The minimum absolute atomic E-state index is 0.205. The van der Waals surface area contributed by atoms with Crippen molar-refractivity contribution in [3.05, 3.63) is 46.5 Å². The molecular formula is C14H16N2O2. The summed E-state index contributed by atoms with van der Waals surface area (Å²) in [4.78, 5) is 15.8. The molecule has 0 saturated carbocycles. The molecule has 0 bridgehead atoms. The Balaban J connectivity index is 2.58. The Kier molecular flexibility index (Phi) is 3.46. The molecule has 0 N–H and O–H groups in total. The van der Waals surface area contributed by atoms with Crippen molar-refractivity contribution >= 4 is 0 Å². The topological polar surface area (TPSA) is 44.1 Å². The summed E-state index contributed by atoms with van der Waals surface area (Å²) in [5.41, 5.74) is 2.40. The minimum atomic E-state index is -0.205. The molecule has 1 heterocycles. The minimum Gasteiger partial charge on any atom is -0.497 e. The average molecular weight is 244 g/mol. The fourth-order valence-corrected chi connectivity index (χ4v) is 1.93. The van der Waals surface area contributed by atoms with Crippen LogP contribution in [0.1, 0.15) is 12.6 Å². The highest BCUT2D eigenvalue weighted by Gasteiger charge is 2.07. The monoisotopic (exact) mass is 244 g/mol. The Hall–Kier alpha value is -2.10. The number of rotatable bonds is 3. The molecule has 0 aliphatic rings. The van der Waals surface area contributed by atoms with E-state index >= 15 is 0 Å². The summed E-state index contributed by atoms with van der Waals surface area (Å²) in [6.45, 7) is 4.37. The Labute approximate surface area is 106 Å². The maximum Gasteiger partial charge on any atom is 0.348 e. The first-order valence-corrected chi connectivity index (χ1v) is 5.88. The van der Waals surface area contributed by atoms with Gasteiger partial charge in [-0.25, -0.2) is 4.79 Å². The summed E-state index contributed by atoms with van der Waals surface area (Å²) >= 11 is 0. The van der Waals surface area contributed by atoms with Gasteiger partial charge in [0.05, 0.1) is 12.8 Å². The van der Waals surface area contributed by atoms with Crippen LogP contribution in [0.2, 0.25) is 0 Å². The van der Waals surface area contributed by atoms with Crippen LogP contribution in [-0.4, -0.2) is 16.7 Å². The van der Waals surface area contributed by atoms with Gasteiger partial charge in [-0.1, -0.05) is 0 Å². The van der Waals surface area contributed by atoms with Gasteiger partial charge in [0.15, 0.2) is 0 Å². The van der Waals surface area contributed by atoms with Crippen LogP contribution in [0.5, 0.6) is 5.75 Å². The fraction of sp³-hybridized carbons (Fsp3) is 0.286. The van der Waals surface area contributed by atoms with Crippen molar-refractivity contribution < 1.29 is 4.74 Å². The molecule has 1 aromatic heterocycles. The number of aryl methyl sites for hydroxylation is 1. The number of ether oxygens (including phenoxy) is 1. The molecule has 0 aliphatic carbocycles. The lowest BCUT2D eigenvalue weighted by Gasteiger charge is -2.11. The van der Waals surface area contributed by atoms with Crippen molar-refractivity contribution in [3.63, 3.8) is 0 Å². The van der Waals surface area contributed by atoms with Gasteiger partial charge in [-0.2, -0.15) is 4.98 Å². The molecule has 4 heteroatoms. The Morgan fingerprint density at radius 1 is 1.28 bits per heavy atom. The standard InChI is InChI=1S/C14H16N2O2/c1-4-16-13(9-10(2)15-14(16)17)11-5-7-12(18-3)8-6-11/h5-9H,4H2,1-3H3. The van der Waals surface area contributed by atoms with E-state index in [-0.39, 0.29) is 5.69 Å². The molecule has 94 valence electrons. The fourth-order valence-electron chi connectivity index (χ4n) is 1.93. The molecule has 2 aromatic rings. The molecule has 0 amide bonds. The molecule has 0 spiro atoms. The second-order valence-corrected chi connectivity index (χ2v) is 4.04. The van der Waals surface area contributed by atoms with E-state index in [2.05, 4.69) is 4.98 Å². The first-order chi connectivity index (χ1) is 8.65. The molecule has 0 saturated heterocycles. The zero-order chi connectivity index (χ0) is 13.1. The zero-order valence-electron chi connectivity index (χ0n) is 10.8. The normalized spacial score (nSPS) is 10.4. The van der Waals surface area contributed by atoms with Gasteiger partial charge in [-0.3, -0.25) is 4.57 Å². The molecule has 0 radical (unpaired) electrons. The first-order valence-electron chi connectivity index (χ1n) is 5.88. The number of methoxy groups -OCH3 is 1. The summed E-state index contributed by atoms with van der Waals surface area (Å²) in [6, 6.07) is 9.58. The molecular weight excluding hydrogens is 228 g/mol. The van der Waals surface area contributed by atoms with Gasteiger partial charge in [-0.05, 0) is 49.7 Å². The van der Waals surface area contributed by atoms with Gasteiger partial charge in [0.2, 0.25) is 0 Å². The van der Waals surface area contributed by atoms with Crippen LogP contribution >= 0.6 is 0 Å². The molecule has 18 heavy (non-hydrogen) atoms. The number of aromatic nitrogens is 2. The first kappa shape index (κ1) is 12.4. The molecule has 2 rings (SSSR count). The van der Waals surface area contributed by atoms with Crippen molar-refractivity contribution in [2.75, 3.05) is 7.11 Å². The third kappa shape index (κ3) is 2.27. The molecule has 0 aliphatic heterocycles. The van der Waals surface area contributed by atoms with Crippen molar-refractivity contribution in [2.24, 2.45) is 0 Å². The number of benzene rings is 1. The van der Waals surface area contributed by atoms with Gasteiger partial charge in [-0.15, -0.1) is 0 Å². The van der Waals surface area contributed by atoms with Crippen molar-refractivity contribution in [3.8, 4) is 17.0 Å². The Morgan fingerprint density at radius 2 is 1.94 bits per heavy atom. The van der Waals surface area contributed by atoms with Crippen LogP contribution in [0.3, 0.4) is 0 Å². The van der Waals surface area contributed by atoms with E-state index in [4.69, 9.17) is 4.74 Å². The number of hydrogen-bond acceptors (Lipinski definition) is 3. The lowest BCUT2D eigenvalue weighted by atomic mass is 10.1. The van der Waals surface area contributed by atoms with E-state index < -0.39 is 0 Å². The van der Waals surface area contributed by atoms with Gasteiger partial charge in [0, 0.05) is 12.2 Å². The van der Waals surface area contributed by atoms with Crippen molar-refractivity contribution in [2.45, 2.75) is 20.4 Å². The quantitative estimate of drug-likeness (QED) is 0.831. The van der Waals surface area contributed by atoms with Crippen LogP contribution in [-0.2, 0) is 6.54 Å². The number of hydrogen-bond donors (Lipinski definition) is 0. The van der Waals surface area contributed by atoms with E-state index in [1.165, 1.54) is 0 Å². The summed E-state index contributed by atoms with van der Waals surface area (Å²) in [5, 5.41) is 0. The van der Waals surface area contributed by atoms with Crippen LogP contribution in [0.15, 0.2) is 35.1 Å². The Bertz CT molecular complexity index is 600. The van der Waals surface area contributed by atoms with E-state index in [0.717, 1.165) is 22.7 Å². The third-order valence-electron chi connectivity index (χ3n) is 2.84. The second kappa shape index (κ2) is 5.04. The highest BCUT2D eigenvalue weighted by Crippen LogP contribution is 2.21. The highest BCUT2D eigenvalue weighted by atomic mass is 16.5. The maximum absolute atomic E-state index is 11.8. The van der Waals surface area contributed by atoms with Gasteiger partial charge in [0.1, 0.15) is 5.75 Å². The predicted octanol–water partition coefficient (Wildman–Crippen LogP) is 2.25. The maximum atomic E-state index is 11.8. The molecule has 0 unspecified atom stereocenters. The van der Waals surface area contributed by atoms with Gasteiger partial charge < -0.3 is 4.74 Å². The van der Waals surface area contributed by atoms with Crippen LogP contribution in [0, 0.1) is 6.92 Å². The van der Waals surface area contributed by atoms with Crippen molar-refractivity contribution in [1.29, 1.82) is 0 Å². The van der Waals surface area contributed by atoms with Crippen LogP contribution in [0.25, 0.3) is 11.3 Å². The second-order valence-electron chi connectivity index (χ2n) is 4.04. The van der Waals surface area contributed by atoms with E-state index in [1.807, 2.05) is 44.2 Å². The lowest BCUT2D eigenvalue weighted by molar-refractivity contribution is 0.415. The highest BCUT2D eigenvalue weighted by molar-refractivity contribution is 5.60. The molecule has 0 fully saturated rings. The van der Waals surface area contributed by atoms with Crippen molar-refractivity contribution in [1.82, 2.24) is 9.55 Å². The van der Waals surface area contributed by atoms with Crippen LogP contribution < -0.4 is 10.4 Å². The molecule has 4 nitrogen and oxygen atoms in total. The SMILES string of the molecule is CCn1c(-c2ccc(OC)cc2)cc(C)nc1=O. The van der Waals surface area contributed by atoms with Gasteiger partial charge >= 0.3 is 5.69 Å². The molecule has 1 aromatic carbocycles. The Morgan fingerprint density at radius 3 is 2.50 bits per heavy atom. The van der Waals surface area contributed by atoms with Crippen LogP contribution in [0.4, 0.5) is 0 Å². The average Bonchev–Trinajstić information content (AvgIpc) is 2.38. The number of nitrogens with zero attached hydrogens (tertiary/aromatic N) is 2. The van der Waals surface area contributed by atoms with Gasteiger partial charge in [0.25, 0.3) is 0 Å². The van der Waals surface area contributed by atoms with E-state index in [9.17, 15) is 4.79 Å². The lowest BCUT2D eigenvalue weighted by Crippen LogP contribution is -2.24. The van der Waals surface area contributed by atoms with E-state index in [1.54, 1.807) is 11.7 Å². The smallest absolute Gasteiger partial charge is 0.348 e. The summed E-state index contributed by atoms with van der Waals surface area (Å²) in [5.74, 6) is 0.801. The third-order valence-corrected chi connectivity index (χ3v) is 2.84. The molecule has 0 atom stereocenters. The summed E-state index contributed by atoms with van der Waals surface area (Å²) in [7, 11) is 1.63. The predicted molar refractivity (Wildman–Crippen MR) is 70.9 cm³/mol. The van der Waals surface area contributed by atoms with E-state index in [0.29, 0.717) is 6.54 Å². The summed E-state index contributed by atoms with van der Waals surface area (Å²) < 4.78 is 6.79.